The van der Waals surface area contributed by atoms with Crippen LogP contribution in [0.15, 0.2) is 30.3 Å². The minimum atomic E-state index is -5.81. The Bertz CT molecular complexity index is 1110. The molecule has 3 heterocycles. The number of morpholine rings is 1. The van der Waals surface area contributed by atoms with E-state index in [1.807, 2.05) is 6.07 Å². The normalized spacial score (nSPS) is 17.3. The van der Waals surface area contributed by atoms with E-state index < -0.39 is 35.0 Å². The highest BCUT2D eigenvalue weighted by Crippen LogP contribution is 2.30. The molecule has 1 aromatic heterocycles. The monoisotopic (exact) mass is 548 g/mol. The number of rotatable bonds is 5. The van der Waals surface area contributed by atoms with Crippen LogP contribution in [-0.4, -0.2) is 84.6 Å². The van der Waals surface area contributed by atoms with Crippen molar-refractivity contribution in [1.29, 1.82) is 0 Å². The molecule has 0 saturated carbocycles. The van der Waals surface area contributed by atoms with Gasteiger partial charge in [0.1, 0.15) is 11.9 Å². The number of piperidine rings is 1. The summed E-state index contributed by atoms with van der Waals surface area (Å²) in [6.45, 7) is 1.23. The van der Waals surface area contributed by atoms with Crippen LogP contribution in [0.4, 0.5) is 44.2 Å². The number of benzene rings is 1. The number of carbonyl (C=O) groups excluding carboxylic acids is 2. The molecule has 10 nitrogen and oxygen atoms in total. The topological polar surface area (TPSA) is 101 Å². The van der Waals surface area contributed by atoms with Crippen molar-refractivity contribution < 1.29 is 45.4 Å². The standard InChI is InChI=1S/C22H22F6N6O4/c23-21(24,25)16(35)34(17(36)22(26,27)28)20-30-18(29-19(31-20)33-10-12-37-13-11-33)32-8-6-15(7-9-32)38-14-4-2-1-3-5-14/h1-5,15H,6-13H2. The van der Waals surface area contributed by atoms with E-state index in [4.69, 9.17) is 9.47 Å². The molecule has 2 aliphatic heterocycles. The van der Waals surface area contributed by atoms with Gasteiger partial charge in [-0.2, -0.15) is 41.3 Å². The van der Waals surface area contributed by atoms with Crippen molar-refractivity contribution in [3.05, 3.63) is 30.3 Å². The van der Waals surface area contributed by atoms with E-state index in [-0.39, 0.29) is 57.4 Å². The van der Waals surface area contributed by atoms with Crippen LogP contribution in [0.1, 0.15) is 12.8 Å². The van der Waals surface area contributed by atoms with Gasteiger partial charge in [-0.15, -0.1) is 0 Å². The number of ether oxygens (including phenoxy) is 2. The van der Waals surface area contributed by atoms with E-state index in [1.54, 1.807) is 24.3 Å². The van der Waals surface area contributed by atoms with Gasteiger partial charge in [-0.3, -0.25) is 9.59 Å². The number of carbonyl (C=O) groups is 2. The SMILES string of the molecule is O=C(N(C(=O)C(F)(F)F)c1nc(N2CCOCC2)nc(N2CCC(Oc3ccccc3)CC2)n1)C(F)(F)F. The van der Waals surface area contributed by atoms with Crippen LogP contribution in [0.25, 0.3) is 0 Å². The van der Waals surface area contributed by atoms with Crippen LogP contribution >= 0.6 is 0 Å². The van der Waals surface area contributed by atoms with E-state index in [0.717, 1.165) is 0 Å². The molecule has 16 heteroatoms. The Morgan fingerprint density at radius 3 is 1.82 bits per heavy atom. The third kappa shape index (κ3) is 6.41. The molecule has 0 radical (unpaired) electrons. The fourth-order valence-electron chi connectivity index (χ4n) is 3.88. The smallest absolute Gasteiger partial charge is 0.472 e. The van der Waals surface area contributed by atoms with Crippen molar-refractivity contribution in [2.75, 3.05) is 54.1 Å². The molecule has 38 heavy (non-hydrogen) atoms. The zero-order chi connectivity index (χ0) is 27.5. The minimum Gasteiger partial charge on any atom is -0.490 e. The molecular formula is C22H22F6N6O4. The molecule has 2 saturated heterocycles. The number of hydrogen-bond donors (Lipinski definition) is 0. The number of hydrogen-bond acceptors (Lipinski definition) is 9. The summed E-state index contributed by atoms with van der Waals surface area (Å²) in [7, 11) is 0. The minimum absolute atomic E-state index is 0.177. The third-order valence-corrected chi connectivity index (χ3v) is 5.76. The Kier molecular flexibility index (Phi) is 7.89. The molecule has 206 valence electrons. The maximum atomic E-state index is 13.2. The highest BCUT2D eigenvalue weighted by molar-refractivity contribution is 6.17. The lowest BCUT2D eigenvalue weighted by Gasteiger charge is -2.33. The third-order valence-electron chi connectivity index (χ3n) is 5.76. The van der Waals surface area contributed by atoms with Gasteiger partial charge in [0.2, 0.25) is 17.8 Å². The second-order valence-corrected chi connectivity index (χ2v) is 8.39. The Morgan fingerprint density at radius 2 is 1.32 bits per heavy atom. The summed E-state index contributed by atoms with van der Waals surface area (Å²) in [5.41, 5.74) is 0. The maximum Gasteiger partial charge on any atom is 0.472 e. The van der Waals surface area contributed by atoms with Crippen molar-refractivity contribution in [2.24, 2.45) is 0 Å². The predicted molar refractivity (Wildman–Crippen MR) is 120 cm³/mol. The Hall–Kier alpha value is -3.69. The first-order valence-electron chi connectivity index (χ1n) is 11.5. The lowest BCUT2D eigenvalue weighted by atomic mass is 10.1. The molecule has 0 unspecified atom stereocenters. The Morgan fingerprint density at radius 1 is 0.816 bits per heavy atom. The lowest BCUT2D eigenvalue weighted by molar-refractivity contribution is -0.182. The molecule has 1 aromatic carbocycles. The summed E-state index contributed by atoms with van der Waals surface area (Å²) < 4.78 is 90.5. The first-order valence-corrected chi connectivity index (χ1v) is 11.5. The van der Waals surface area contributed by atoms with Crippen molar-refractivity contribution in [3.63, 3.8) is 0 Å². The fraction of sp³-hybridized carbons (Fsp3) is 0.500. The summed E-state index contributed by atoms with van der Waals surface area (Å²) in [6, 6.07) is 9.00. The van der Waals surface area contributed by atoms with Gasteiger partial charge in [-0.1, -0.05) is 18.2 Å². The fourth-order valence-corrected chi connectivity index (χ4v) is 3.88. The van der Waals surface area contributed by atoms with E-state index >= 15 is 0 Å². The summed E-state index contributed by atoms with van der Waals surface area (Å²) >= 11 is 0. The Balaban J connectivity index is 1.66. The number of amides is 2. The molecule has 2 amide bonds. The van der Waals surface area contributed by atoms with Gasteiger partial charge in [-0.05, 0) is 12.1 Å². The number of nitrogens with zero attached hydrogens (tertiary/aromatic N) is 6. The highest BCUT2D eigenvalue weighted by Gasteiger charge is 2.54. The van der Waals surface area contributed by atoms with E-state index in [9.17, 15) is 35.9 Å². The van der Waals surface area contributed by atoms with Crippen LogP contribution in [0.3, 0.4) is 0 Å². The number of halogens is 6. The largest absolute Gasteiger partial charge is 0.490 e. The number of anilines is 3. The van der Waals surface area contributed by atoms with Crippen LogP contribution < -0.4 is 19.4 Å². The van der Waals surface area contributed by atoms with Crippen LogP contribution in [0, 0.1) is 0 Å². The number of alkyl halides is 6. The molecule has 0 aliphatic carbocycles. The summed E-state index contributed by atoms with van der Waals surface area (Å²) in [5.74, 6) is -7.42. The molecule has 4 rings (SSSR count). The molecule has 0 N–H and O–H groups in total. The van der Waals surface area contributed by atoms with Gasteiger partial charge in [0.05, 0.1) is 13.2 Å². The molecule has 0 atom stereocenters. The van der Waals surface area contributed by atoms with Gasteiger partial charge in [0.15, 0.2) is 0 Å². The number of imide groups is 1. The van der Waals surface area contributed by atoms with Crippen molar-refractivity contribution in [3.8, 4) is 5.75 Å². The van der Waals surface area contributed by atoms with Gasteiger partial charge in [0, 0.05) is 39.0 Å². The first kappa shape index (κ1) is 27.3. The molecule has 0 spiro atoms. The predicted octanol–water partition coefficient (Wildman–Crippen LogP) is 2.74. The second-order valence-electron chi connectivity index (χ2n) is 8.39. The summed E-state index contributed by atoms with van der Waals surface area (Å²) in [6.07, 6.45) is -10.9. The second kappa shape index (κ2) is 11.0. The van der Waals surface area contributed by atoms with Crippen molar-refractivity contribution in [2.45, 2.75) is 31.3 Å². The van der Waals surface area contributed by atoms with E-state index in [0.29, 0.717) is 18.6 Å². The van der Waals surface area contributed by atoms with Crippen LogP contribution in [-0.2, 0) is 14.3 Å². The van der Waals surface area contributed by atoms with Crippen LogP contribution in [0.2, 0.25) is 0 Å². The zero-order valence-corrected chi connectivity index (χ0v) is 19.7. The first-order chi connectivity index (χ1) is 17.9. The van der Waals surface area contributed by atoms with Crippen LogP contribution in [0.5, 0.6) is 5.75 Å². The molecule has 2 aromatic rings. The quantitative estimate of drug-likeness (QED) is 0.522. The highest BCUT2D eigenvalue weighted by atomic mass is 19.4. The number of para-hydroxylation sites is 1. The van der Waals surface area contributed by atoms with E-state index in [2.05, 4.69) is 15.0 Å². The number of aromatic nitrogens is 3. The van der Waals surface area contributed by atoms with Gasteiger partial charge in [-0.25, -0.2) is 4.90 Å². The van der Waals surface area contributed by atoms with Crippen molar-refractivity contribution in [1.82, 2.24) is 15.0 Å². The van der Waals surface area contributed by atoms with Gasteiger partial charge >= 0.3 is 24.2 Å². The summed E-state index contributed by atoms with van der Waals surface area (Å²) in [4.78, 5) is 37.4. The molecule has 2 aliphatic rings. The van der Waals surface area contributed by atoms with E-state index in [1.165, 1.54) is 9.80 Å². The molecule has 2 fully saturated rings. The maximum absolute atomic E-state index is 13.2. The average Bonchev–Trinajstić information content (AvgIpc) is 2.89. The van der Waals surface area contributed by atoms with Gasteiger partial charge < -0.3 is 19.3 Å². The molecular weight excluding hydrogens is 526 g/mol. The zero-order valence-electron chi connectivity index (χ0n) is 19.7. The molecule has 0 bridgehead atoms. The summed E-state index contributed by atoms with van der Waals surface area (Å²) in [5, 5.41) is 0. The Labute approximate surface area is 212 Å². The lowest BCUT2D eigenvalue weighted by Crippen LogP contribution is -2.51. The van der Waals surface area contributed by atoms with Gasteiger partial charge in [0.25, 0.3) is 0 Å². The van der Waals surface area contributed by atoms with Crippen molar-refractivity contribution >= 4 is 29.7 Å². The average molecular weight is 548 g/mol.